The van der Waals surface area contributed by atoms with Crippen molar-refractivity contribution in [2.75, 3.05) is 11.9 Å². The minimum absolute atomic E-state index is 0.146. The van der Waals surface area contributed by atoms with E-state index in [4.69, 9.17) is 0 Å². The maximum atomic E-state index is 11.4. The third-order valence-electron chi connectivity index (χ3n) is 2.25. The lowest BCUT2D eigenvalue weighted by Gasteiger charge is -2.12. The molecule has 1 aromatic rings. The second kappa shape index (κ2) is 4.82. The Balaban J connectivity index is 2.90. The quantitative estimate of drug-likeness (QED) is 0.767. The minimum Gasteiger partial charge on any atom is -0.338 e. The van der Waals surface area contributed by atoms with E-state index >= 15 is 0 Å². The molecule has 0 aromatic heterocycles. The molecule has 0 aliphatic rings. The van der Waals surface area contributed by atoms with Crippen LogP contribution in [0.15, 0.2) is 12.1 Å². The van der Waals surface area contributed by atoms with E-state index in [1.54, 1.807) is 0 Å². The Hall–Kier alpha value is -1.51. The normalized spacial score (nSPS) is 9.87. The Kier molecular flexibility index (Phi) is 3.72. The molecule has 0 radical (unpaired) electrons. The smallest absolute Gasteiger partial charge is 0.319 e. The van der Waals surface area contributed by atoms with Gasteiger partial charge in [-0.3, -0.25) is 0 Å². The van der Waals surface area contributed by atoms with Crippen molar-refractivity contribution in [3.8, 4) is 0 Å². The van der Waals surface area contributed by atoms with Gasteiger partial charge in [0.1, 0.15) is 0 Å². The lowest BCUT2D eigenvalue weighted by molar-refractivity contribution is 0.252. The minimum atomic E-state index is -0.146. The van der Waals surface area contributed by atoms with E-state index in [0.29, 0.717) is 6.54 Å². The van der Waals surface area contributed by atoms with Gasteiger partial charge in [0.05, 0.1) is 0 Å². The molecule has 0 bridgehead atoms. The topological polar surface area (TPSA) is 41.1 Å². The van der Waals surface area contributed by atoms with Crippen LogP contribution in [0, 0.1) is 20.8 Å². The van der Waals surface area contributed by atoms with E-state index in [-0.39, 0.29) is 6.03 Å². The number of rotatable bonds is 2. The zero-order valence-corrected chi connectivity index (χ0v) is 9.77. The number of nitrogens with one attached hydrogen (secondary N) is 2. The highest BCUT2D eigenvalue weighted by Crippen LogP contribution is 2.21. The fourth-order valence-electron chi connectivity index (χ4n) is 1.70. The summed E-state index contributed by atoms with van der Waals surface area (Å²) in [5.41, 5.74) is 4.32. The Bertz CT molecular complexity index is 349. The number of carbonyl (C=O) groups is 1. The van der Waals surface area contributed by atoms with Gasteiger partial charge in [-0.15, -0.1) is 0 Å². The summed E-state index contributed by atoms with van der Waals surface area (Å²) >= 11 is 0. The average Bonchev–Trinajstić information content (AvgIpc) is 2.11. The maximum absolute atomic E-state index is 11.4. The Morgan fingerprint density at radius 2 is 1.73 bits per heavy atom. The summed E-state index contributed by atoms with van der Waals surface area (Å²) in [6.45, 7) is 8.59. The van der Waals surface area contributed by atoms with E-state index in [1.807, 2.05) is 20.8 Å². The Morgan fingerprint density at radius 3 is 2.20 bits per heavy atom. The van der Waals surface area contributed by atoms with E-state index in [9.17, 15) is 4.79 Å². The predicted octanol–water partition coefficient (Wildman–Crippen LogP) is 2.75. The number of urea groups is 1. The standard InChI is InChI=1S/C12H18N2O/c1-5-13-12(15)14-11-9(3)6-8(2)7-10(11)4/h6-7H,5H2,1-4H3,(H2,13,14,15). The van der Waals surface area contributed by atoms with Crippen molar-refractivity contribution >= 4 is 11.7 Å². The van der Waals surface area contributed by atoms with Crippen molar-refractivity contribution in [2.45, 2.75) is 27.7 Å². The number of carbonyl (C=O) groups excluding carboxylic acids is 1. The lowest BCUT2D eigenvalue weighted by Crippen LogP contribution is -2.28. The van der Waals surface area contributed by atoms with E-state index in [0.717, 1.165) is 16.8 Å². The van der Waals surface area contributed by atoms with Crippen LogP contribution in [0.25, 0.3) is 0 Å². The molecule has 0 fully saturated rings. The van der Waals surface area contributed by atoms with Crippen LogP contribution in [0.4, 0.5) is 10.5 Å². The molecule has 0 aliphatic carbocycles. The Labute approximate surface area is 90.9 Å². The number of hydrogen-bond donors (Lipinski definition) is 2. The first-order valence-electron chi connectivity index (χ1n) is 5.17. The molecule has 3 heteroatoms. The molecular formula is C12H18N2O. The lowest BCUT2D eigenvalue weighted by atomic mass is 10.1. The van der Waals surface area contributed by atoms with Crippen LogP contribution in [0.3, 0.4) is 0 Å². The fourth-order valence-corrected chi connectivity index (χ4v) is 1.70. The monoisotopic (exact) mass is 206 g/mol. The highest BCUT2D eigenvalue weighted by atomic mass is 16.2. The molecule has 3 nitrogen and oxygen atoms in total. The third-order valence-corrected chi connectivity index (χ3v) is 2.25. The summed E-state index contributed by atoms with van der Waals surface area (Å²) in [4.78, 5) is 11.4. The molecular weight excluding hydrogens is 188 g/mol. The van der Waals surface area contributed by atoms with Crippen molar-refractivity contribution in [1.29, 1.82) is 0 Å². The number of benzene rings is 1. The number of amides is 2. The highest BCUT2D eigenvalue weighted by molar-refractivity contribution is 5.91. The third kappa shape index (κ3) is 2.98. The molecule has 0 unspecified atom stereocenters. The number of hydrogen-bond acceptors (Lipinski definition) is 1. The molecule has 2 N–H and O–H groups in total. The molecule has 15 heavy (non-hydrogen) atoms. The SMILES string of the molecule is CCNC(=O)Nc1c(C)cc(C)cc1C. The van der Waals surface area contributed by atoms with Gasteiger partial charge in [-0.25, -0.2) is 4.79 Å². The van der Waals surface area contributed by atoms with Gasteiger partial charge in [0.2, 0.25) is 0 Å². The zero-order chi connectivity index (χ0) is 11.4. The van der Waals surface area contributed by atoms with Crippen LogP contribution >= 0.6 is 0 Å². The first-order chi connectivity index (χ1) is 7.04. The highest BCUT2D eigenvalue weighted by Gasteiger charge is 2.06. The summed E-state index contributed by atoms with van der Waals surface area (Å²) in [5.74, 6) is 0. The van der Waals surface area contributed by atoms with E-state index in [1.165, 1.54) is 5.56 Å². The molecule has 1 rings (SSSR count). The van der Waals surface area contributed by atoms with Crippen LogP contribution < -0.4 is 10.6 Å². The average molecular weight is 206 g/mol. The van der Waals surface area contributed by atoms with Crippen molar-refractivity contribution in [2.24, 2.45) is 0 Å². The molecule has 0 saturated heterocycles. The van der Waals surface area contributed by atoms with Crippen molar-refractivity contribution in [3.63, 3.8) is 0 Å². The van der Waals surface area contributed by atoms with Gasteiger partial charge in [-0.05, 0) is 38.8 Å². The van der Waals surface area contributed by atoms with Crippen molar-refractivity contribution < 1.29 is 4.79 Å². The van der Waals surface area contributed by atoms with Crippen LogP contribution in [0.5, 0.6) is 0 Å². The summed E-state index contributed by atoms with van der Waals surface area (Å²) in [7, 11) is 0. The number of aryl methyl sites for hydroxylation is 3. The first-order valence-corrected chi connectivity index (χ1v) is 5.17. The van der Waals surface area contributed by atoms with Gasteiger partial charge in [0, 0.05) is 12.2 Å². The van der Waals surface area contributed by atoms with Crippen LogP contribution in [0.1, 0.15) is 23.6 Å². The van der Waals surface area contributed by atoms with Crippen molar-refractivity contribution in [3.05, 3.63) is 28.8 Å². The zero-order valence-electron chi connectivity index (χ0n) is 9.77. The van der Waals surface area contributed by atoms with Crippen molar-refractivity contribution in [1.82, 2.24) is 5.32 Å². The second-order valence-electron chi connectivity index (χ2n) is 3.76. The molecule has 0 atom stereocenters. The number of anilines is 1. The van der Waals surface area contributed by atoms with Gasteiger partial charge in [-0.1, -0.05) is 17.7 Å². The van der Waals surface area contributed by atoms with Gasteiger partial charge in [0.25, 0.3) is 0 Å². The molecule has 1 aromatic carbocycles. The maximum Gasteiger partial charge on any atom is 0.319 e. The van der Waals surface area contributed by atoms with Gasteiger partial charge in [0.15, 0.2) is 0 Å². The fraction of sp³-hybridized carbons (Fsp3) is 0.417. The molecule has 0 spiro atoms. The van der Waals surface area contributed by atoms with Gasteiger partial charge >= 0.3 is 6.03 Å². The summed E-state index contributed by atoms with van der Waals surface area (Å²) in [6.07, 6.45) is 0. The van der Waals surface area contributed by atoms with Gasteiger partial charge < -0.3 is 10.6 Å². The summed E-state index contributed by atoms with van der Waals surface area (Å²) < 4.78 is 0. The second-order valence-corrected chi connectivity index (χ2v) is 3.76. The summed E-state index contributed by atoms with van der Waals surface area (Å²) in [6, 6.07) is 3.98. The first kappa shape index (κ1) is 11.6. The predicted molar refractivity (Wildman–Crippen MR) is 63.3 cm³/mol. The van der Waals surface area contributed by atoms with E-state index < -0.39 is 0 Å². The molecule has 2 amide bonds. The molecule has 0 heterocycles. The Morgan fingerprint density at radius 1 is 1.20 bits per heavy atom. The van der Waals surface area contributed by atoms with Crippen LogP contribution in [0.2, 0.25) is 0 Å². The molecule has 0 aliphatic heterocycles. The molecule has 0 saturated carbocycles. The summed E-state index contributed by atoms with van der Waals surface area (Å²) in [5, 5.41) is 5.57. The largest absolute Gasteiger partial charge is 0.338 e. The van der Waals surface area contributed by atoms with Gasteiger partial charge in [-0.2, -0.15) is 0 Å². The van der Waals surface area contributed by atoms with E-state index in [2.05, 4.69) is 29.7 Å². The van der Waals surface area contributed by atoms with Crippen LogP contribution in [-0.2, 0) is 0 Å². The molecule has 82 valence electrons. The van der Waals surface area contributed by atoms with Crippen LogP contribution in [-0.4, -0.2) is 12.6 Å².